The van der Waals surface area contributed by atoms with Gasteiger partial charge in [0.1, 0.15) is 135 Å². The van der Waals surface area contributed by atoms with Crippen molar-refractivity contribution in [3.8, 4) is 86.1 Å². The summed E-state index contributed by atoms with van der Waals surface area (Å²) in [5.41, 5.74) is 26.3. The van der Waals surface area contributed by atoms with Crippen LogP contribution in [-0.2, 0) is 23.9 Å². The number of benzene rings is 6. The maximum absolute atomic E-state index is 13.6. The predicted molar refractivity (Wildman–Crippen MR) is 473 cm³/mol. The minimum absolute atomic E-state index is 0.0325. The summed E-state index contributed by atoms with van der Waals surface area (Å²) in [4.78, 5) is 77.4. The molecule has 5 atom stereocenters. The van der Waals surface area contributed by atoms with Crippen molar-refractivity contribution in [1.82, 2.24) is 73.0 Å². The number of nitrogens with two attached hydrogens (primary N) is 3. The summed E-state index contributed by atoms with van der Waals surface area (Å²) in [5, 5.41) is 33.0. The third kappa shape index (κ3) is 18.9. The molecule has 29 nitrogen and oxygen atoms in total. The molecule has 6 fully saturated rings. The molecule has 0 unspecified atom stereocenters. The second-order valence-electron chi connectivity index (χ2n) is 32.1. The van der Waals surface area contributed by atoms with Crippen LogP contribution in [0, 0.1) is 45.6 Å². The van der Waals surface area contributed by atoms with Gasteiger partial charge in [0.25, 0.3) is 0 Å². The lowest BCUT2D eigenvalue weighted by Gasteiger charge is -2.21. The maximum Gasteiger partial charge on any atom is 0.246 e. The molecule has 1 aliphatic carbocycles. The van der Waals surface area contributed by atoms with Crippen molar-refractivity contribution in [2.45, 2.75) is 81.2 Å². The molecule has 6 N–H and O–H groups in total. The van der Waals surface area contributed by atoms with Crippen LogP contribution >= 0.6 is 0 Å². The molecule has 6 aromatic carbocycles. The Balaban J connectivity index is 0.000000139. The molecule has 12 aromatic rings. The maximum atomic E-state index is 13.6. The summed E-state index contributed by atoms with van der Waals surface area (Å²) in [6.45, 7) is 8.25. The van der Waals surface area contributed by atoms with Gasteiger partial charge < -0.3 is 69.3 Å². The number of nitriles is 3. The van der Waals surface area contributed by atoms with Crippen molar-refractivity contribution in [2.24, 2.45) is 0 Å². The molecule has 11 heterocycles. The van der Waals surface area contributed by atoms with Crippen LogP contribution in [0.3, 0.4) is 0 Å². The molecule has 0 bridgehead atoms. The number of anilines is 3. The third-order valence-corrected chi connectivity index (χ3v) is 23.9. The van der Waals surface area contributed by atoms with E-state index in [1.807, 2.05) is 128 Å². The van der Waals surface area contributed by atoms with E-state index in [-0.39, 0.29) is 59.1 Å². The second kappa shape index (κ2) is 38.7. The van der Waals surface area contributed by atoms with Crippen molar-refractivity contribution in [3.63, 3.8) is 0 Å². The van der Waals surface area contributed by atoms with E-state index >= 15 is 0 Å². The van der Waals surface area contributed by atoms with Gasteiger partial charge in [0.05, 0.1) is 47.5 Å². The van der Waals surface area contributed by atoms with Gasteiger partial charge in [0.15, 0.2) is 0 Å². The summed E-state index contributed by atoms with van der Waals surface area (Å²) >= 11 is 0. The van der Waals surface area contributed by atoms with Gasteiger partial charge in [-0.3, -0.25) is 29.1 Å². The number of hydrogen-bond donors (Lipinski definition) is 3. The van der Waals surface area contributed by atoms with Gasteiger partial charge in [-0.1, -0.05) is 85.0 Å². The summed E-state index contributed by atoms with van der Waals surface area (Å²) < 4.78 is 61.4. The number of likely N-dealkylation sites (N-methyl/N-ethyl adjacent to an activating group) is 3. The quantitative estimate of drug-likeness (QED) is 0.0473. The Morgan fingerprint density at radius 2 is 0.738 bits per heavy atom. The summed E-state index contributed by atoms with van der Waals surface area (Å²) in [6, 6.07) is 51.4. The molecule has 0 radical (unpaired) electrons. The number of likely N-dealkylation sites (tertiary alicyclic amines) is 3. The number of carbonyl (C=O) groups excluding carboxylic acids is 3. The summed E-state index contributed by atoms with van der Waals surface area (Å²) in [5.74, 6) is 3.16. The Morgan fingerprint density at radius 1 is 0.421 bits per heavy atom. The molecule has 6 aliphatic rings. The smallest absolute Gasteiger partial charge is 0.246 e. The highest BCUT2D eigenvalue weighted by molar-refractivity contribution is 6.06. The SMILES string of the molecule is CN(C/C=C/C(=O)N1CC[C@@H](n2c(C#N)c(-c3ccc(Oc4cccc(F)c4)cc3)c3c(N)ncnc32)C1)C1CC1.CN(C/C=C/C(=O)N1CC[C@@H](n2c(C#N)c(-c3ccc(Oc4cccc(F)c4)cc3)c3c(N)ncnc32)C1)[C@@H]1CCOC1.CN(C/C=C/C(=O)N1CC[C@@H](n2c(C#N)c(-c3ccc(Oc4ccccc4)cc3)c3c(N)ncnc32)C1)[C@H]1CCOC1. The van der Waals surface area contributed by atoms with Crippen LogP contribution in [0.2, 0.25) is 0 Å². The van der Waals surface area contributed by atoms with Gasteiger partial charge >= 0.3 is 0 Å². The molecule has 5 aliphatic heterocycles. The lowest BCUT2D eigenvalue weighted by Crippen LogP contribution is -2.32. The van der Waals surface area contributed by atoms with Crippen molar-refractivity contribution >= 4 is 68.3 Å². The van der Waals surface area contributed by atoms with Crippen LogP contribution in [0.5, 0.6) is 34.5 Å². The molecule has 0 spiro atoms. The molecule has 31 heteroatoms. The van der Waals surface area contributed by atoms with Crippen LogP contribution in [0.15, 0.2) is 207 Å². The Labute approximate surface area is 727 Å². The fourth-order valence-corrected chi connectivity index (χ4v) is 17.2. The number of halogens is 2. The highest BCUT2D eigenvalue weighted by Crippen LogP contribution is 2.45. The summed E-state index contributed by atoms with van der Waals surface area (Å²) in [7, 11) is 6.17. The normalized spacial score (nSPS) is 18.1. The van der Waals surface area contributed by atoms with Crippen LogP contribution < -0.4 is 31.4 Å². The van der Waals surface area contributed by atoms with E-state index in [1.54, 1.807) is 71.7 Å². The largest absolute Gasteiger partial charge is 0.457 e. The number of aromatic nitrogens is 9. The highest BCUT2D eigenvalue weighted by atomic mass is 19.1. The van der Waals surface area contributed by atoms with E-state index in [1.165, 1.54) is 56.1 Å². The first-order valence-corrected chi connectivity index (χ1v) is 42.1. The molecule has 6 aromatic heterocycles. The van der Waals surface area contributed by atoms with Crippen LogP contribution in [-0.4, -0.2) is 215 Å². The van der Waals surface area contributed by atoms with E-state index in [9.17, 15) is 39.0 Å². The second-order valence-corrected chi connectivity index (χ2v) is 32.1. The lowest BCUT2D eigenvalue weighted by atomic mass is 10.0. The minimum Gasteiger partial charge on any atom is -0.457 e. The van der Waals surface area contributed by atoms with E-state index in [4.69, 9.17) is 40.9 Å². The molecule has 1 saturated carbocycles. The Hall–Kier alpha value is -14.3. The Morgan fingerprint density at radius 3 is 1.05 bits per heavy atom. The number of fused-ring (bicyclic) bond motifs is 3. The number of para-hydroxylation sites is 1. The zero-order valence-electron chi connectivity index (χ0n) is 70.0. The van der Waals surface area contributed by atoms with Crippen molar-refractivity contribution in [1.29, 1.82) is 15.8 Å². The molecule has 5 saturated heterocycles. The molecule has 126 heavy (non-hydrogen) atoms. The minimum atomic E-state index is -0.387. The van der Waals surface area contributed by atoms with Crippen LogP contribution in [0.25, 0.3) is 66.5 Å². The van der Waals surface area contributed by atoms with Gasteiger partial charge in [0.2, 0.25) is 17.7 Å². The van der Waals surface area contributed by atoms with E-state index in [0.717, 1.165) is 68.3 Å². The predicted octanol–water partition coefficient (Wildman–Crippen LogP) is 13.8. The number of nitrogen functional groups attached to an aromatic ring is 3. The molecule has 18 rings (SSSR count). The first-order chi connectivity index (χ1) is 61.4. The van der Waals surface area contributed by atoms with E-state index in [2.05, 4.69) is 76.9 Å². The average molecular weight is 1700 g/mol. The topological polar surface area (TPSA) is 358 Å². The number of amides is 3. The van der Waals surface area contributed by atoms with Crippen molar-refractivity contribution in [2.75, 3.05) is 124 Å². The van der Waals surface area contributed by atoms with Crippen LogP contribution in [0.4, 0.5) is 26.2 Å². The average Bonchev–Trinajstić information content (AvgIpc) is 1.59. The molecular formula is C95H95F2N21O8. The molecule has 642 valence electrons. The van der Waals surface area contributed by atoms with Gasteiger partial charge in [0, 0.05) is 137 Å². The van der Waals surface area contributed by atoms with Gasteiger partial charge in [-0.05, 0) is 156 Å². The number of ether oxygens (including phenoxy) is 5. The third-order valence-electron chi connectivity index (χ3n) is 23.9. The Bertz CT molecular complexity index is 6200. The van der Waals surface area contributed by atoms with E-state index < -0.39 is 0 Å². The first kappa shape index (κ1) is 85.3. The lowest BCUT2D eigenvalue weighted by molar-refractivity contribution is -0.125. The van der Waals surface area contributed by atoms with Gasteiger partial charge in [-0.2, -0.15) is 15.8 Å². The van der Waals surface area contributed by atoms with E-state index in [0.29, 0.717) is 191 Å². The monoisotopic (exact) mass is 1700 g/mol. The molecular weight excluding hydrogens is 1600 g/mol. The standard InChI is InChI=1S/C32H32FN7O3.C32H33N7O3.C31H30FN7O2/c1-38(24-12-15-42-19-24)13-3-6-28(41)39-14-11-23(18-39)40-27(17-34)29(30-31(35)36-20-37-32(30)40)21-7-9-25(10-8-21)43-26-5-2-4-22(33)16-26;1-37(24-14-17-41-20-24)15-5-8-28(40)38-16-13-23(19-38)39-27(18-33)29(30-31(34)35-21-36-32(30)39)22-9-11-26(12-10-22)42-25-6-3-2-4-7-25;1-37(22-9-10-22)14-3-6-27(40)38-15-13-23(18-38)39-26(17-33)28(29-30(34)35-19-36-31(29)39)20-7-11-24(12-8-20)41-25-5-2-4-21(32)16-25/h2-10,16,20,23-24H,11-15,18-19H2,1H3,(H2,35,36,37);2-12,21,23-24H,13-17,19-20H2,1H3,(H2,34,35,36);2-8,11-12,16,19,22-23H,9-10,13-15,18H2,1H3,(H2,34,35,36)/b6-3+;8-5+;6-3+/t23-,24-;23-,24+;23-/m111/s1. The van der Waals surface area contributed by atoms with Gasteiger partial charge in [-0.15, -0.1) is 0 Å². The zero-order chi connectivity index (χ0) is 87.5. The van der Waals surface area contributed by atoms with Gasteiger partial charge in [-0.25, -0.2) is 38.7 Å². The van der Waals surface area contributed by atoms with Crippen molar-refractivity contribution in [3.05, 3.63) is 236 Å². The summed E-state index contributed by atoms with van der Waals surface area (Å²) in [6.07, 6.45) is 21.4. The fourth-order valence-electron chi connectivity index (χ4n) is 17.2. The highest BCUT2D eigenvalue weighted by Gasteiger charge is 2.37. The Kier molecular flexibility index (Phi) is 26.2. The molecule has 3 amide bonds. The number of hydrogen-bond acceptors (Lipinski definition) is 23. The van der Waals surface area contributed by atoms with Crippen molar-refractivity contribution < 1.29 is 46.8 Å². The van der Waals surface area contributed by atoms with Crippen LogP contribution in [0.1, 0.15) is 80.2 Å². The zero-order valence-corrected chi connectivity index (χ0v) is 70.0. The number of nitrogens with zero attached hydrogens (tertiary/aromatic N) is 18. The number of carbonyl (C=O) groups is 3. The first-order valence-electron chi connectivity index (χ1n) is 42.1. The fraction of sp³-hybridized carbons (Fsp3) is 0.305. The number of rotatable bonds is 24.